The fourth-order valence-electron chi connectivity index (χ4n) is 5.53. The van der Waals surface area contributed by atoms with Crippen LogP contribution in [0.1, 0.15) is 65.0 Å². The lowest BCUT2D eigenvalue weighted by molar-refractivity contribution is -0.451. The average Bonchev–Trinajstić information content (AvgIpc) is 3.16. The summed E-state index contributed by atoms with van der Waals surface area (Å²) in [5.74, 6) is 0. The predicted octanol–water partition coefficient (Wildman–Crippen LogP) is 5.85. The van der Waals surface area contributed by atoms with Gasteiger partial charge in [0.05, 0.1) is 5.41 Å². The summed E-state index contributed by atoms with van der Waals surface area (Å²) in [6.07, 6.45) is 9.82. The zero-order valence-corrected chi connectivity index (χ0v) is 20.9. The first kappa shape index (κ1) is 23.5. The van der Waals surface area contributed by atoms with Crippen molar-refractivity contribution < 1.29 is 9.68 Å². The second-order valence-corrected chi connectivity index (χ2v) is 10.3. The lowest BCUT2D eigenvalue weighted by Gasteiger charge is -2.27. The Balaban J connectivity index is 1.74. The molecule has 3 heteroatoms. The number of fused-ring (bicyclic) bond motifs is 2. The standard InChI is InChI=1S/C30H38N2O/c1-6-7-20-31-25-16-10-8-14-23(25)29(2,3)27(31)18-12-19-28-30(4,5)24-15-9-11-17-26(24)32(28)21-13-22-33/h8-12,14-19H,6-7,13,20-22H2,1-5H3. The molecule has 0 radical (unpaired) electrons. The molecule has 0 aromatic heterocycles. The van der Waals surface area contributed by atoms with Gasteiger partial charge in [0.15, 0.2) is 5.71 Å². The summed E-state index contributed by atoms with van der Waals surface area (Å²) in [6, 6.07) is 17.4. The van der Waals surface area contributed by atoms with Crippen molar-refractivity contribution in [3.05, 3.63) is 83.6 Å². The highest BCUT2D eigenvalue weighted by molar-refractivity contribution is 6.03. The van der Waals surface area contributed by atoms with Crippen molar-refractivity contribution in [2.24, 2.45) is 0 Å². The number of para-hydroxylation sites is 2. The van der Waals surface area contributed by atoms with Crippen molar-refractivity contribution in [2.45, 2.75) is 64.7 Å². The maximum atomic E-state index is 11.3. The Morgan fingerprint density at radius 1 is 0.909 bits per heavy atom. The van der Waals surface area contributed by atoms with E-state index in [9.17, 15) is 5.11 Å². The van der Waals surface area contributed by atoms with E-state index in [0.717, 1.165) is 13.1 Å². The van der Waals surface area contributed by atoms with Crippen molar-refractivity contribution in [3.8, 4) is 0 Å². The van der Waals surface area contributed by atoms with E-state index in [0.29, 0.717) is 6.42 Å². The zero-order valence-electron chi connectivity index (χ0n) is 20.9. The average molecular weight is 443 g/mol. The minimum Gasteiger partial charge on any atom is -0.854 e. The van der Waals surface area contributed by atoms with Gasteiger partial charge in [-0.05, 0) is 44.4 Å². The Morgan fingerprint density at radius 2 is 1.61 bits per heavy atom. The molecule has 2 aliphatic heterocycles. The van der Waals surface area contributed by atoms with Gasteiger partial charge in [-0.2, -0.15) is 4.58 Å². The summed E-state index contributed by atoms with van der Waals surface area (Å²) in [7, 11) is 0. The summed E-state index contributed by atoms with van der Waals surface area (Å²) < 4.78 is 2.35. The van der Waals surface area contributed by atoms with Crippen LogP contribution in [0.15, 0.2) is 72.5 Å². The summed E-state index contributed by atoms with van der Waals surface area (Å²) in [5, 5.41) is 11.3. The second-order valence-electron chi connectivity index (χ2n) is 10.3. The molecule has 174 valence electrons. The third-order valence-corrected chi connectivity index (χ3v) is 7.37. The van der Waals surface area contributed by atoms with Crippen molar-refractivity contribution in [3.63, 3.8) is 0 Å². The van der Waals surface area contributed by atoms with Gasteiger partial charge in [-0.3, -0.25) is 0 Å². The van der Waals surface area contributed by atoms with Crippen LogP contribution in [0.4, 0.5) is 11.4 Å². The molecule has 0 aliphatic carbocycles. The Morgan fingerprint density at radius 3 is 2.33 bits per heavy atom. The Bertz CT molecular complexity index is 1100. The van der Waals surface area contributed by atoms with E-state index in [1.807, 2.05) is 0 Å². The fourth-order valence-corrected chi connectivity index (χ4v) is 5.53. The monoisotopic (exact) mass is 442 g/mol. The molecule has 0 saturated heterocycles. The molecule has 4 rings (SSSR count). The molecular formula is C30H38N2O. The van der Waals surface area contributed by atoms with Gasteiger partial charge >= 0.3 is 0 Å². The van der Waals surface area contributed by atoms with Gasteiger partial charge in [0.25, 0.3) is 0 Å². The SMILES string of the molecule is CCCCN1/C(=C\C=C\C2=[N+](CCC[O-])c3ccccc3C2(C)C)C(C)(C)c2ccccc21. The molecular weight excluding hydrogens is 404 g/mol. The molecule has 2 heterocycles. The van der Waals surface area contributed by atoms with E-state index < -0.39 is 0 Å². The molecule has 0 amide bonds. The summed E-state index contributed by atoms with van der Waals surface area (Å²) in [5.41, 5.74) is 7.81. The minimum atomic E-state index is -0.0927. The lowest BCUT2D eigenvalue weighted by atomic mass is 9.81. The number of allylic oxidation sites excluding steroid dienone is 4. The normalized spacial score (nSPS) is 19.6. The minimum absolute atomic E-state index is 0.0320. The Labute approximate surface area is 199 Å². The summed E-state index contributed by atoms with van der Waals surface area (Å²) in [4.78, 5) is 2.51. The van der Waals surface area contributed by atoms with Gasteiger partial charge in [-0.1, -0.05) is 69.7 Å². The van der Waals surface area contributed by atoms with E-state index in [1.54, 1.807) is 0 Å². The van der Waals surface area contributed by atoms with E-state index in [2.05, 4.69) is 111 Å². The van der Waals surface area contributed by atoms with Gasteiger partial charge < -0.3 is 10.0 Å². The number of nitrogens with zero attached hydrogens (tertiary/aromatic N) is 2. The molecule has 2 aliphatic rings. The third kappa shape index (κ3) is 4.08. The molecule has 3 nitrogen and oxygen atoms in total. The van der Waals surface area contributed by atoms with Crippen molar-refractivity contribution >= 4 is 17.1 Å². The van der Waals surface area contributed by atoms with E-state index in [-0.39, 0.29) is 17.4 Å². The van der Waals surface area contributed by atoms with Crippen LogP contribution < -0.4 is 10.0 Å². The number of anilines is 1. The van der Waals surface area contributed by atoms with Crippen molar-refractivity contribution in [1.82, 2.24) is 0 Å². The summed E-state index contributed by atoms with van der Waals surface area (Å²) >= 11 is 0. The molecule has 2 aromatic rings. The molecule has 0 fully saturated rings. The maximum absolute atomic E-state index is 11.3. The lowest BCUT2D eigenvalue weighted by Crippen LogP contribution is -2.28. The molecule has 0 saturated carbocycles. The molecule has 0 unspecified atom stereocenters. The smallest absolute Gasteiger partial charge is 0.209 e. The Hall–Kier alpha value is -2.65. The highest BCUT2D eigenvalue weighted by Gasteiger charge is 2.44. The molecule has 0 N–H and O–H groups in total. The van der Waals surface area contributed by atoms with Gasteiger partial charge in [0, 0.05) is 41.1 Å². The van der Waals surface area contributed by atoms with Crippen LogP contribution in [0.3, 0.4) is 0 Å². The first-order chi connectivity index (χ1) is 15.8. The quantitative estimate of drug-likeness (QED) is 0.480. The van der Waals surface area contributed by atoms with Crippen LogP contribution in [0.2, 0.25) is 0 Å². The van der Waals surface area contributed by atoms with E-state index >= 15 is 0 Å². The fraction of sp³-hybridized carbons (Fsp3) is 0.433. The molecule has 2 aromatic carbocycles. The van der Waals surface area contributed by atoms with Crippen LogP contribution in [0.25, 0.3) is 0 Å². The van der Waals surface area contributed by atoms with Crippen LogP contribution in [0.5, 0.6) is 0 Å². The molecule has 0 atom stereocenters. The van der Waals surface area contributed by atoms with Gasteiger partial charge in [0.2, 0.25) is 5.69 Å². The number of unbranched alkanes of at least 4 members (excludes halogenated alkanes) is 1. The topological polar surface area (TPSA) is 29.3 Å². The largest absolute Gasteiger partial charge is 0.854 e. The van der Waals surface area contributed by atoms with Crippen LogP contribution in [0, 0.1) is 0 Å². The summed E-state index contributed by atoms with van der Waals surface area (Å²) in [6.45, 7) is 13.3. The Kier molecular flexibility index (Phi) is 6.63. The second kappa shape index (κ2) is 9.30. The van der Waals surface area contributed by atoms with Crippen LogP contribution >= 0.6 is 0 Å². The van der Waals surface area contributed by atoms with Gasteiger partial charge in [0.1, 0.15) is 6.54 Å². The van der Waals surface area contributed by atoms with Gasteiger partial charge in [-0.15, -0.1) is 6.61 Å². The molecule has 0 spiro atoms. The first-order valence-corrected chi connectivity index (χ1v) is 12.4. The highest BCUT2D eigenvalue weighted by Crippen LogP contribution is 2.47. The number of hydrogen-bond acceptors (Lipinski definition) is 2. The van der Waals surface area contributed by atoms with Gasteiger partial charge in [-0.25, -0.2) is 0 Å². The zero-order chi connectivity index (χ0) is 23.6. The number of rotatable bonds is 8. The van der Waals surface area contributed by atoms with Crippen molar-refractivity contribution in [2.75, 3.05) is 24.6 Å². The molecule has 33 heavy (non-hydrogen) atoms. The predicted molar refractivity (Wildman–Crippen MR) is 138 cm³/mol. The van der Waals surface area contributed by atoms with Crippen molar-refractivity contribution in [1.29, 1.82) is 0 Å². The maximum Gasteiger partial charge on any atom is 0.209 e. The van der Waals surface area contributed by atoms with E-state index in [4.69, 9.17) is 0 Å². The van der Waals surface area contributed by atoms with Crippen LogP contribution in [-0.2, 0) is 10.8 Å². The molecule has 0 bridgehead atoms. The highest BCUT2D eigenvalue weighted by atomic mass is 16.3. The van der Waals surface area contributed by atoms with Crippen LogP contribution in [-0.4, -0.2) is 30.0 Å². The third-order valence-electron chi connectivity index (χ3n) is 7.37. The number of benzene rings is 2. The first-order valence-electron chi connectivity index (χ1n) is 12.4. The number of hydrogen-bond donors (Lipinski definition) is 0. The van der Waals surface area contributed by atoms with E-state index in [1.165, 1.54) is 46.8 Å².